The summed E-state index contributed by atoms with van der Waals surface area (Å²) in [5.41, 5.74) is 1.34. The highest BCUT2D eigenvalue weighted by atomic mass is 19.4. The molecule has 4 rings (SSSR count). The second kappa shape index (κ2) is 7.25. The Bertz CT molecular complexity index is 1260. The minimum Gasteiger partial charge on any atom is -0.320 e. The van der Waals surface area contributed by atoms with Gasteiger partial charge in [-0.1, -0.05) is 18.2 Å². The van der Waals surface area contributed by atoms with E-state index in [0.29, 0.717) is 11.4 Å². The predicted molar refractivity (Wildman–Crippen MR) is 105 cm³/mol. The van der Waals surface area contributed by atoms with Gasteiger partial charge in [-0.05, 0) is 37.6 Å². The number of alkyl halides is 3. The van der Waals surface area contributed by atoms with Gasteiger partial charge < -0.3 is 5.32 Å². The summed E-state index contributed by atoms with van der Waals surface area (Å²) in [6.45, 7) is 3.47. The van der Waals surface area contributed by atoms with E-state index in [1.54, 1.807) is 19.2 Å². The summed E-state index contributed by atoms with van der Waals surface area (Å²) in [4.78, 5) is 21.3. The number of rotatable bonds is 3. The van der Waals surface area contributed by atoms with E-state index >= 15 is 0 Å². The number of anilines is 1. The van der Waals surface area contributed by atoms with E-state index in [0.717, 1.165) is 11.6 Å². The van der Waals surface area contributed by atoms with Gasteiger partial charge >= 0.3 is 6.18 Å². The van der Waals surface area contributed by atoms with E-state index in [2.05, 4.69) is 20.4 Å². The Morgan fingerprint density at radius 2 is 1.87 bits per heavy atom. The molecule has 0 bridgehead atoms. The smallest absolute Gasteiger partial charge is 0.320 e. The Morgan fingerprint density at radius 1 is 1.10 bits per heavy atom. The first-order valence-electron chi connectivity index (χ1n) is 9.00. The van der Waals surface area contributed by atoms with Crippen molar-refractivity contribution in [3.05, 3.63) is 77.4 Å². The molecule has 4 aromatic rings. The number of amides is 1. The summed E-state index contributed by atoms with van der Waals surface area (Å²) < 4.78 is 41.6. The molecule has 0 atom stereocenters. The summed E-state index contributed by atoms with van der Waals surface area (Å²) in [6.07, 6.45) is 0.0900. The van der Waals surface area contributed by atoms with E-state index in [-0.39, 0.29) is 22.5 Å². The van der Waals surface area contributed by atoms with Crippen molar-refractivity contribution in [3.8, 4) is 11.3 Å². The molecule has 0 radical (unpaired) electrons. The van der Waals surface area contributed by atoms with Crippen molar-refractivity contribution in [1.82, 2.24) is 19.6 Å². The third kappa shape index (κ3) is 3.49. The highest BCUT2D eigenvalue weighted by molar-refractivity contribution is 6.09. The van der Waals surface area contributed by atoms with Gasteiger partial charge in [0.1, 0.15) is 5.56 Å². The molecule has 30 heavy (non-hydrogen) atoms. The zero-order valence-electron chi connectivity index (χ0n) is 16.0. The van der Waals surface area contributed by atoms with Gasteiger partial charge in [-0.25, -0.2) is 9.50 Å². The number of pyridine rings is 1. The minimum atomic E-state index is -4.53. The van der Waals surface area contributed by atoms with Crippen molar-refractivity contribution in [2.45, 2.75) is 20.0 Å². The molecule has 0 aliphatic rings. The summed E-state index contributed by atoms with van der Waals surface area (Å²) in [7, 11) is 0. The number of nitrogens with zero attached hydrogens (tertiary/aromatic N) is 4. The van der Waals surface area contributed by atoms with Crippen LogP contribution >= 0.6 is 0 Å². The van der Waals surface area contributed by atoms with Gasteiger partial charge in [-0.2, -0.15) is 18.3 Å². The van der Waals surface area contributed by atoms with Crippen molar-refractivity contribution in [2.75, 3.05) is 5.32 Å². The molecule has 9 heteroatoms. The van der Waals surface area contributed by atoms with E-state index in [4.69, 9.17) is 0 Å². The molecule has 0 saturated carbocycles. The van der Waals surface area contributed by atoms with Crippen LogP contribution in [-0.4, -0.2) is 25.5 Å². The molecule has 0 saturated heterocycles. The first-order valence-corrected chi connectivity index (χ1v) is 9.00. The van der Waals surface area contributed by atoms with E-state index in [1.165, 1.54) is 41.2 Å². The summed E-state index contributed by atoms with van der Waals surface area (Å²) in [6, 6.07) is 8.38. The van der Waals surface area contributed by atoms with E-state index in [9.17, 15) is 18.0 Å². The van der Waals surface area contributed by atoms with Crippen molar-refractivity contribution >= 4 is 17.2 Å². The number of benzene rings is 1. The largest absolute Gasteiger partial charge is 0.417 e. The minimum absolute atomic E-state index is 0.0687. The number of fused-ring (bicyclic) bond motifs is 1. The molecule has 3 heterocycles. The molecule has 3 aromatic heterocycles. The average Bonchev–Trinajstić information content (AvgIpc) is 3.04. The lowest BCUT2D eigenvalue weighted by atomic mass is 10.0. The lowest BCUT2D eigenvalue weighted by molar-refractivity contribution is -0.137. The lowest BCUT2D eigenvalue weighted by Gasteiger charge is -2.12. The third-order valence-electron chi connectivity index (χ3n) is 4.68. The molecule has 0 aliphatic carbocycles. The fraction of sp³-hybridized carbons (Fsp3) is 0.143. The zero-order valence-corrected chi connectivity index (χ0v) is 16.0. The first kappa shape index (κ1) is 19.6. The van der Waals surface area contributed by atoms with Crippen molar-refractivity contribution in [2.24, 2.45) is 0 Å². The topological polar surface area (TPSA) is 72.2 Å². The Morgan fingerprint density at radius 3 is 2.60 bits per heavy atom. The highest BCUT2D eigenvalue weighted by Crippen LogP contribution is 2.36. The number of hydrogen-bond donors (Lipinski definition) is 1. The molecular weight excluding hydrogens is 395 g/mol. The highest BCUT2D eigenvalue weighted by Gasteiger charge is 2.33. The van der Waals surface area contributed by atoms with Gasteiger partial charge in [0.2, 0.25) is 0 Å². The van der Waals surface area contributed by atoms with Crippen LogP contribution in [0.15, 0.2) is 55.0 Å². The van der Waals surface area contributed by atoms with E-state index in [1.807, 2.05) is 6.92 Å². The number of hydrogen-bond acceptors (Lipinski definition) is 4. The fourth-order valence-electron chi connectivity index (χ4n) is 3.19. The predicted octanol–water partition coefficient (Wildman–Crippen LogP) is 4.68. The van der Waals surface area contributed by atoms with Crippen LogP contribution in [0.5, 0.6) is 0 Å². The third-order valence-corrected chi connectivity index (χ3v) is 4.68. The van der Waals surface area contributed by atoms with Gasteiger partial charge in [-0.3, -0.25) is 9.78 Å². The van der Waals surface area contributed by atoms with Crippen LogP contribution in [-0.2, 0) is 6.18 Å². The first-order chi connectivity index (χ1) is 14.3. The molecule has 1 aromatic carbocycles. The molecule has 0 fully saturated rings. The summed E-state index contributed by atoms with van der Waals surface area (Å²) in [5, 5.41) is 7.03. The summed E-state index contributed by atoms with van der Waals surface area (Å²) in [5.74, 6) is -0.465. The van der Waals surface area contributed by atoms with Crippen LogP contribution in [0, 0.1) is 13.8 Å². The number of carbonyl (C=O) groups excluding carboxylic acids is 1. The van der Waals surface area contributed by atoms with Gasteiger partial charge in [-0.15, -0.1) is 0 Å². The number of aryl methyl sites for hydroxylation is 2. The molecular formula is C21H16F3N5O. The number of carbonyl (C=O) groups is 1. The second-order valence-electron chi connectivity index (χ2n) is 6.73. The van der Waals surface area contributed by atoms with Crippen molar-refractivity contribution < 1.29 is 18.0 Å². The Labute approximate surface area is 169 Å². The maximum absolute atomic E-state index is 13.4. The molecule has 0 unspecified atom stereocenters. The Kier molecular flexibility index (Phi) is 4.73. The van der Waals surface area contributed by atoms with Crippen LogP contribution in [0.25, 0.3) is 16.9 Å². The quantitative estimate of drug-likeness (QED) is 0.531. The maximum Gasteiger partial charge on any atom is 0.417 e. The number of halogens is 3. The van der Waals surface area contributed by atoms with Crippen LogP contribution in [0.1, 0.15) is 27.2 Å². The Balaban J connectivity index is 1.82. The molecule has 6 nitrogen and oxygen atoms in total. The molecule has 152 valence electrons. The van der Waals surface area contributed by atoms with Gasteiger partial charge in [0, 0.05) is 18.0 Å². The van der Waals surface area contributed by atoms with Crippen LogP contribution in [0.3, 0.4) is 0 Å². The Hall–Kier alpha value is -3.75. The van der Waals surface area contributed by atoms with Crippen molar-refractivity contribution in [1.29, 1.82) is 0 Å². The van der Waals surface area contributed by atoms with Gasteiger partial charge in [0.15, 0.2) is 5.65 Å². The van der Waals surface area contributed by atoms with Crippen LogP contribution in [0.4, 0.5) is 18.9 Å². The monoisotopic (exact) mass is 411 g/mol. The average molecular weight is 411 g/mol. The zero-order chi connectivity index (χ0) is 21.5. The maximum atomic E-state index is 13.4. The molecule has 0 aliphatic heterocycles. The SMILES string of the molecule is Cc1ccncc1NC(=O)c1c(C)nn2ccc(-c3ccccc3C(F)(F)F)nc12. The van der Waals surface area contributed by atoms with Crippen LogP contribution < -0.4 is 5.32 Å². The molecule has 1 amide bonds. The second-order valence-corrected chi connectivity index (χ2v) is 6.73. The molecule has 1 N–H and O–H groups in total. The summed E-state index contributed by atoms with van der Waals surface area (Å²) >= 11 is 0. The standard InChI is InChI=1S/C21H16F3N5O/c1-12-7-9-25-11-17(12)27-20(30)18-13(2)28-29-10-8-16(26-19(18)29)14-5-3-4-6-15(14)21(22,23)24/h3-11H,1-2H3,(H,27,30). The number of nitrogens with one attached hydrogen (secondary N) is 1. The van der Waals surface area contributed by atoms with Crippen molar-refractivity contribution in [3.63, 3.8) is 0 Å². The van der Waals surface area contributed by atoms with Gasteiger partial charge in [0.05, 0.1) is 28.8 Å². The van der Waals surface area contributed by atoms with Crippen LogP contribution in [0.2, 0.25) is 0 Å². The number of aromatic nitrogens is 4. The van der Waals surface area contributed by atoms with E-state index < -0.39 is 17.6 Å². The fourth-order valence-corrected chi connectivity index (χ4v) is 3.19. The lowest BCUT2D eigenvalue weighted by Crippen LogP contribution is -2.14. The van der Waals surface area contributed by atoms with Gasteiger partial charge in [0.25, 0.3) is 5.91 Å². The normalized spacial score (nSPS) is 11.6. The molecule has 0 spiro atoms.